The van der Waals surface area contributed by atoms with Gasteiger partial charge in [-0.25, -0.2) is 4.57 Å². The molecule has 0 amide bonds. The van der Waals surface area contributed by atoms with Crippen LogP contribution in [-0.4, -0.2) is 21.0 Å². The van der Waals surface area contributed by atoms with Crippen LogP contribution in [-0.2, 0) is 15.6 Å². The second-order valence-electron chi connectivity index (χ2n) is 6.93. The molecule has 0 fully saturated rings. The maximum absolute atomic E-state index is 10.6. The lowest BCUT2D eigenvalue weighted by atomic mass is 10.1. The highest BCUT2D eigenvalue weighted by Gasteiger charge is 2.13. The van der Waals surface area contributed by atoms with Gasteiger partial charge in [0, 0.05) is 28.4 Å². The van der Waals surface area contributed by atoms with Gasteiger partial charge in [0.25, 0.3) is 0 Å². The normalized spacial score (nSPS) is 12.3. The van der Waals surface area contributed by atoms with Crippen molar-refractivity contribution in [2.45, 2.75) is 46.1 Å². The molecule has 6 heteroatoms. The van der Waals surface area contributed by atoms with Gasteiger partial charge in [-0.05, 0) is 51.0 Å². The second kappa shape index (κ2) is 7.93. The molecule has 1 heterocycles. The molecular formula is C20H26NO4P. The van der Waals surface area contributed by atoms with Crippen molar-refractivity contribution in [2.75, 3.05) is 6.61 Å². The van der Waals surface area contributed by atoms with E-state index < -0.39 is 7.82 Å². The Labute approximate surface area is 153 Å². The number of hydrogen-bond acceptors (Lipinski definition) is 2. The summed E-state index contributed by atoms with van der Waals surface area (Å²) in [5.74, 6) is 0. The van der Waals surface area contributed by atoms with Crippen molar-refractivity contribution in [2.24, 2.45) is 0 Å². The van der Waals surface area contributed by atoms with E-state index in [2.05, 4.69) is 59.3 Å². The molecule has 26 heavy (non-hydrogen) atoms. The van der Waals surface area contributed by atoms with Gasteiger partial charge in [0.1, 0.15) is 0 Å². The van der Waals surface area contributed by atoms with Crippen LogP contribution in [0.15, 0.2) is 36.4 Å². The van der Waals surface area contributed by atoms with Crippen LogP contribution in [0.3, 0.4) is 0 Å². The molecule has 0 saturated carbocycles. The molecule has 3 rings (SSSR count). The first-order chi connectivity index (χ1) is 12.3. The topological polar surface area (TPSA) is 71.7 Å². The zero-order valence-corrected chi connectivity index (χ0v) is 16.2. The molecule has 0 radical (unpaired) electrons. The molecule has 1 aromatic heterocycles. The zero-order chi connectivity index (χ0) is 18.7. The van der Waals surface area contributed by atoms with Crippen LogP contribution in [0.2, 0.25) is 0 Å². The van der Waals surface area contributed by atoms with Gasteiger partial charge in [-0.3, -0.25) is 4.52 Å². The number of unbranched alkanes of at least 4 members (excludes halogenated alkanes) is 3. The van der Waals surface area contributed by atoms with Crippen molar-refractivity contribution >= 4 is 29.6 Å². The number of aromatic nitrogens is 1. The summed E-state index contributed by atoms with van der Waals surface area (Å²) in [4.78, 5) is 17.3. The predicted octanol–water partition coefficient (Wildman–Crippen LogP) is 5.08. The minimum absolute atomic E-state index is 0.109. The molecule has 5 nitrogen and oxygen atoms in total. The van der Waals surface area contributed by atoms with Crippen molar-refractivity contribution < 1.29 is 18.9 Å². The van der Waals surface area contributed by atoms with Crippen LogP contribution in [0.1, 0.15) is 36.8 Å². The third-order valence-corrected chi connectivity index (χ3v) is 5.23. The Kier molecular flexibility index (Phi) is 5.83. The fraction of sp³-hybridized carbons (Fsp3) is 0.400. The van der Waals surface area contributed by atoms with Crippen LogP contribution in [0.4, 0.5) is 0 Å². The van der Waals surface area contributed by atoms with Crippen LogP contribution in [0, 0.1) is 13.8 Å². The number of fused-ring (bicyclic) bond motifs is 3. The molecule has 2 N–H and O–H groups in total. The molecule has 0 aliphatic heterocycles. The van der Waals surface area contributed by atoms with E-state index in [1.54, 1.807) is 0 Å². The van der Waals surface area contributed by atoms with Gasteiger partial charge in [-0.1, -0.05) is 36.1 Å². The number of rotatable bonds is 8. The van der Waals surface area contributed by atoms with Gasteiger partial charge in [-0.2, -0.15) is 0 Å². The molecule has 0 aliphatic rings. The van der Waals surface area contributed by atoms with E-state index in [1.807, 2.05) is 0 Å². The molecule has 3 aromatic rings. The van der Waals surface area contributed by atoms with E-state index in [0.717, 1.165) is 25.8 Å². The molecule has 140 valence electrons. The first-order valence-electron chi connectivity index (χ1n) is 9.04. The summed E-state index contributed by atoms with van der Waals surface area (Å²) in [7, 11) is -4.33. The standard InChI is InChI=1S/C20H26NO4P/c1-15-7-9-19-17(13-15)18-14-16(2)8-10-20(18)21(19)11-5-3-4-6-12-25-26(22,23)24/h7-10,13-14H,3-6,11-12H2,1-2H3,(H2,22,23,24). The van der Waals surface area contributed by atoms with Crippen LogP contribution >= 0.6 is 7.82 Å². The van der Waals surface area contributed by atoms with E-state index in [0.29, 0.717) is 6.42 Å². The number of benzene rings is 2. The Morgan fingerprint density at radius 1 is 0.885 bits per heavy atom. The van der Waals surface area contributed by atoms with Crippen LogP contribution in [0.5, 0.6) is 0 Å². The average molecular weight is 375 g/mol. The fourth-order valence-corrected chi connectivity index (χ4v) is 3.85. The summed E-state index contributed by atoms with van der Waals surface area (Å²) in [6, 6.07) is 13.2. The quantitative estimate of drug-likeness (QED) is 0.425. The van der Waals surface area contributed by atoms with Gasteiger partial charge >= 0.3 is 7.82 Å². The van der Waals surface area contributed by atoms with Crippen molar-refractivity contribution in [3.8, 4) is 0 Å². The molecule has 0 unspecified atom stereocenters. The summed E-state index contributed by atoms with van der Waals surface area (Å²) >= 11 is 0. The van der Waals surface area contributed by atoms with Crippen LogP contribution < -0.4 is 0 Å². The smallest absolute Gasteiger partial charge is 0.340 e. The Bertz CT molecular complexity index is 898. The summed E-state index contributed by atoms with van der Waals surface area (Å²) in [6.07, 6.45) is 3.59. The Morgan fingerprint density at radius 2 is 1.42 bits per heavy atom. The van der Waals surface area contributed by atoms with Gasteiger partial charge in [-0.15, -0.1) is 0 Å². The molecule has 2 aromatic carbocycles. The second-order valence-corrected chi connectivity index (χ2v) is 8.17. The summed E-state index contributed by atoms with van der Waals surface area (Å²) < 4.78 is 17.5. The third kappa shape index (κ3) is 4.54. The van der Waals surface area contributed by atoms with Gasteiger partial charge in [0.15, 0.2) is 0 Å². The SMILES string of the molecule is Cc1ccc2c(c1)c1cc(C)ccc1n2CCCCCCOP(=O)(O)O. The van der Waals surface area contributed by atoms with E-state index in [4.69, 9.17) is 9.79 Å². The maximum atomic E-state index is 10.6. The summed E-state index contributed by atoms with van der Waals surface area (Å²) in [5.41, 5.74) is 5.06. The monoisotopic (exact) mass is 375 g/mol. The molecule has 0 saturated heterocycles. The lowest BCUT2D eigenvalue weighted by Crippen LogP contribution is -1.98. The van der Waals surface area contributed by atoms with E-state index in [9.17, 15) is 4.57 Å². The van der Waals surface area contributed by atoms with E-state index in [-0.39, 0.29) is 6.61 Å². The van der Waals surface area contributed by atoms with Crippen molar-refractivity contribution in [3.05, 3.63) is 47.5 Å². The van der Waals surface area contributed by atoms with Gasteiger partial charge in [0.2, 0.25) is 0 Å². The van der Waals surface area contributed by atoms with Gasteiger partial charge in [0.05, 0.1) is 6.61 Å². The molecule has 0 aliphatic carbocycles. The predicted molar refractivity (Wildman–Crippen MR) is 105 cm³/mol. The molecule has 0 bridgehead atoms. The first kappa shape index (κ1) is 19.1. The first-order valence-corrected chi connectivity index (χ1v) is 10.6. The highest BCUT2D eigenvalue weighted by Crippen LogP contribution is 2.36. The van der Waals surface area contributed by atoms with Crippen molar-refractivity contribution in [3.63, 3.8) is 0 Å². The minimum atomic E-state index is -4.33. The Morgan fingerprint density at radius 3 is 1.96 bits per heavy atom. The number of phosphoric acid groups is 1. The summed E-state index contributed by atoms with van der Waals surface area (Å²) in [6.45, 7) is 5.29. The number of hydrogen-bond donors (Lipinski definition) is 2. The largest absolute Gasteiger partial charge is 0.469 e. The highest BCUT2D eigenvalue weighted by molar-refractivity contribution is 7.46. The molecule has 0 spiro atoms. The highest BCUT2D eigenvalue weighted by atomic mass is 31.2. The lowest BCUT2D eigenvalue weighted by Gasteiger charge is -2.08. The Hall–Kier alpha value is -1.65. The minimum Gasteiger partial charge on any atom is -0.340 e. The number of phosphoric ester groups is 1. The van der Waals surface area contributed by atoms with Gasteiger partial charge < -0.3 is 14.4 Å². The number of aryl methyl sites for hydroxylation is 3. The fourth-order valence-electron chi connectivity index (χ4n) is 3.48. The van der Waals surface area contributed by atoms with Crippen LogP contribution in [0.25, 0.3) is 21.8 Å². The Balaban J connectivity index is 1.68. The molecule has 0 atom stereocenters. The molecular weight excluding hydrogens is 349 g/mol. The number of nitrogens with zero attached hydrogens (tertiary/aromatic N) is 1. The zero-order valence-electron chi connectivity index (χ0n) is 15.3. The van der Waals surface area contributed by atoms with Crippen molar-refractivity contribution in [1.29, 1.82) is 0 Å². The maximum Gasteiger partial charge on any atom is 0.469 e. The summed E-state index contributed by atoms with van der Waals surface area (Å²) in [5, 5.41) is 2.61. The van der Waals surface area contributed by atoms with Crippen molar-refractivity contribution in [1.82, 2.24) is 4.57 Å². The van der Waals surface area contributed by atoms with E-state index in [1.165, 1.54) is 32.9 Å². The third-order valence-electron chi connectivity index (χ3n) is 4.71. The van der Waals surface area contributed by atoms with E-state index >= 15 is 0 Å². The average Bonchev–Trinajstić information content (AvgIpc) is 2.85. The lowest BCUT2D eigenvalue weighted by molar-refractivity contribution is 0.193.